The van der Waals surface area contributed by atoms with Crippen molar-refractivity contribution in [3.05, 3.63) is 64.1 Å². The minimum atomic E-state index is -0.237. The summed E-state index contributed by atoms with van der Waals surface area (Å²) in [5.41, 5.74) is 1.33. The summed E-state index contributed by atoms with van der Waals surface area (Å²) in [6, 6.07) is 12.1. The fourth-order valence-electron chi connectivity index (χ4n) is 4.45. The molecule has 2 aromatic rings. The second kappa shape index (κ2) is 8.31. The number of ether oxygens (including phenoxy) is 1. The van der Waals surface area contributed by atoms with Crippen LogP contribution in [-0.4, -0.2) is 35.3 Å². The Labute approximate surface area is 171 Å². The van der Waals surface area contributed by atoms with Crippen molar-refractivity contribution in [2.75, 3.05) is 18.7 Å². The first-order valence-electron chi connectivity index (χ1n) is 10.6. The van der Waals surface area contributed by atoms with Crippen molar-refractivity contribution < 1.29 is 9.53 Å². The number of carbonyl (C=O) groups is 1. The molecule has 0 N–H and O–H groups in total. The predicted octanol–water partition coefficient (Wildman–Crippen LogP) is 3.69. The van der Waals surface area contributed by atoms with Gasteiger partial charge in [-0.1, -0.05) is 50.1 Å². The van der Waals surface area contributed by atoms with Gasteiger partial charge in [0.2, 0.25) is 5.43 Å². The van der Waals surface area contributed by atoms with Crippen molar-refractivity contribution in [3.8, 4) is 5.75 Å². The fourth-order valence-corrected chi connectivity index (χ4v) is 4.45. The average molecular weight is 396 g/mol. The highest BCUT2D eigenvalue weighted by Crippen LogP contribution is 2.37. The molecule has 1 fully saturated rings. The van der Waals surface area contributed by atoms with Gasteiger partial charge in [0.05, 0.1) is 12.6 Å². The maximum Gasteiger partial charge on any atom is 0.277 e. The Balaban J connectivity index is 1.85. The van der Waals surface area contributed by atoms with Gasteiger partial charge in [0, 0.05) is 19.3 Å². The smallest absolute Gasteiger partial charge is 0.277 e. The third-order valence-electron chi connectivity index (χ3n) is 6.00. The Bertz CT molecular complexity index is 925. The lowest BCUT2D eigenvalue weighted by Crippen LogP contribution is -2.60. The molecule has 1 aromatic carbocycles. The molecule has 0 radical (unpaired) electrons. The number of hydrogen-bond donors (Lipinski definition) is 0. The standard InChI is InChI=1S/C23H29N3O3/c1-3-4-16-29-22-19(27)14-15-25-21(22)23(28)24(2)20-13-9-8-12-18(26(20)25)17-10-6-5-7-11-17/h5-7,10-11,14-15,18,20H,3-4,8-9,12-13,16H2,1-2H3. The molecule has 0 saturated carbocycles. The van der Waals surface area contributed by atoms with E-state index in [1.54, 1.807) is 11.1 Å². The van der Waals surface area contributed by atoms with Gasteiger partial charge in [-0.3, -0.25) is 19.3 Å². The van der Waals surface area contributed by atoms with Crippen LogP contribution in [0.2, 0.25) is 0 Å². The maximum atomic E-state index is 13.3. The Hall–Kier alpha value is -2.76. The third kappa shape index (κ3) is 3.52. The number of pyridine rings is 1. The molecule has 0 aliphatic carbocycles. The van der Waals surface area contributed by atoms with Crippen LogP contribution in [0.1, 0.15) is 67.5 Å². The molecular weight excluding hydrogens is 366 g/mol. The molecule has 1 saturated heterocycles. The second-order valence-electron chi connectivity index (χ2n) is 7.89. The summed E-state index contributed by atoms with van der Waals surface area (Å²) in [4.78, 5) is 27.7. The van der Waals surface area contributed by atoms with E-state index in [1.807, 2.05) is 17.8 Å². The largest absolute Gasteiger partial charge is 0.487 e. The first-order chi connectivity index (χ1) is 14.1. The summed E-state index contributed by atoms with van der Waals surface area (Å²) in [5, 5.41) is 2.27. The highest BCUT2D eigenvalue weighted by atomic mass is 16.5. The van der Waals surface area contributed by atoms with Crippen molar-refractivity contribution in [3.63, 3.8) is 0 Å². The number of aromatic nitrogens is 1. The van der Waals surface area contributed by atoms with Crippen molar-refractivity contribution in [1.29, 1.82) is 0 Å². The molecule has 3 heterocycles. The van der Waals surface area contributed by atoms with Gasteiger partial charge in [0.25, 0.3) is 5.91 Å². The summed E-state index contributed by atoms with van der Waals surface area (Å²) < 4.78 is 7.73. The molecule has 0 spiro atoms. The van der Waals surface area contributed by atoms with Gasteiger partial charge >= 0.3 is 0 Å². The SMILES string of the molecule is CCCCOc1c2n(ccc1=O)N1C(c3ccccc3)CCCCC1N(C)C2=O. The van der Waals surface area contributed by atoms with E-state index < -0.39 is 0 Å². The Morgan fingerprint density at radius 3 is 2.59 bits per heavy atom. The van der Waals surface area contributed by atoms with Gasteiger partial charge in [-0.25, -0.2) is 0 Å². The third-order valence-corrected chi connectivity index (χ3v) is 6.00. The number of benzene rings is 1. The van der Waals surface area contributed by atoms with E-state index >= 15 is 0 Å². The summed E-state index contributed by atoms with van der Waals surface area (Å²) in [6.07, 6.45) is 7.58. The molecule has 2 aliphatic heterocycles. The zero-order valence-corrected chi connectivity index (χ0v) is 17.2. The van der Waals surface area contributed by atoms with Crippen LogP contribution >= 0.6 is 0 Å². The molecule has 4 rings (SSSR count). The monoisotopic (exact) mass is 395 g/mol. The molecule has 2 atom stereocenters. The first-order valence-corrected chi connectivity index (χ1v) is 10.6. The molecular formula is C23H29N3O3. The Morgan fingerprint density at radius 1 is 1.07 bits per heavy atom. The molecule has 6 heteroatoms. The van der Waals surface area contributed by atoms with Crippen LogP contribution in [0.4, 0.5) is 0 Å². The number of hydrogen-bond acceptors (Lipinski definition) is 4. The van der Waals surface area contributed by atoms with Crippen LogP contribution in [-0.2, 0) is 0 Å². The highest BCUT2D eigenvalue weighted by Gasteiger charge is 2.42. The van der Waals surface area contributed by atoms with Crippen LogP contribution < -0.4 is 15.2 Å². The van der Waals surface area contributed by atoms with Crippen molar-refractivity contribution in [1.82, 2.24) is 9.58 Å². The number of rotatable bonds is 5. The van der Waals surface area contributed by atoms with Crippen LogP contribution in [0.3, 0.4) is 0 Å². The van der Waals surface area contributed by atoms with Crippen LogP contribution in [0, 0.1) is 0 Å². The van der Waals surface area contributed by atoms with Crippen LogP contribution in [0.15, 0.2) is 47.4 Å². The van der Waals surface area contributed by atoms with Gasteiger partial charge in [0.1, 0.15) is 6.17 Å². The van der Waals surface area contributed by atoms with Gasteiger partial charge in [-0.15, -0.1) is 0 Å². The summed E-state index contributed by atoms with van der Waals surface area (Å²) in [6.45, 7) is 2.51. The summed E-state index contributed by atoms with van der Waals surface area (Å²) >= 11 is 0. The van der Waals surface area contributed by atoms with Gasteiger partial charge in [-0.2, -0.15) is 0 Å². The van der Waals surface area contributed by atoms with Gasteiger partial charge < -0.3 is 9.64 Å². The number of unbranched alkanes of at least 4 members (excludes halogenated alkanes) is 1. The molecule has 1 aromatic heterocycles. The molecule has 154 valence electrons. The minimum absolute atomic E-state index is 0.0475. The first kappa shape index (κ1) is 19.6. The molecule has 2 aliphatic rings. The lowest BCUT2D eigenvalue weighted by atomic mass is 10.0. The number of amides is 1. The maximum absolute atomic E-state index is 13.3. The summed E-state index contributed by atoms with van der Waals surface area (Å²) in [5.74, 6) is 0.0245. The topological polar surface area (TPSA) is 54.8 Å². The Kier molecular flexibility index (Phi) is 5.60. The zero-order valence-electron chi connectivity index (χ0n) is 17.2. The van der Waals surface area contributed by atoms with E-state index in [0.29, 0.717) is 12.3 Å². The molecule has 2 unspecified atom stereocenters. The molecule has 6 nitrogen and oxygen atoms in total. The minimum Gasteiger partial charge on any atom is -0.487 e. The number of fused-ring (bicyclic) bond motifs is 3. The normalized spacial score (nSPS) is 21.4. The van der Waals surface area contributed by atoms with E-state index in [2.05, 4.69) is 36.2 Å². The van der Waals surface area contributed by atoms with E-state index in [4.69, 9.17) is 4.74 Å². The van der Waals surface area contributed by atoms with E-state index in [-0.39, 0.29) is 29.3 Å². The van der Waals surface area contributed by atoms with Crippen molar-refractivity contribution in [2.45, 2.75) is 57.7 Å². The van der Waals surface area contributed by atoms with Crippen LogP contribution in [0.5, 0.6) is 5.75 Å². The molecule has 0 bridgehead atoms. The van der Waals surface area contributed by atoms with E-state index in [0.717, 1.165) is 38.5 Å². The van der Waals surface area contributed by atoms with Crippen molar-refractivity contribution >= 4 is 5.91 Å². The fraction of sp³-hybridized carbons (Fsp3) is 0.478. The molecule has 1 amide bonds. The summed E-state index contributed by atoms with van der Waals surface area (Å²) in [7, 11) is 1.84. The van der Waals surface area contributed by atoms with Gasteiger partial charge in [-0.05, 0) is 31.2 Å². The van der Waals surface area contributed by atoms with Crippen molar-refractivity contribution in [2.24, 2.45) is 0 Å². The lowest BCUT2D eigenvalue weighted by molar-refractivity contribution is 0.0605. The Morgan fingerprint density at radius 2 is 1.83 bits per heavy atom. The number of nitrogens with zero attached hydrogens (tertiary/aromatic N) is 3. The zero-order chi connectivity index (χ0) is 20.4. The highest BCUT2D eigenvalue weighted by molar-refractivity contribution is 5.96. The van der Waals surface area contributed by atoms with E-state index in [9.17, 15) is 9.59 Å². The predicted molar refractivity (Wildman–Crippen MR) is 113 cm³/mol. The average Bonchev–Trinajstić information content (AvgIpc) is 2.97. The van der Waals surface area contributed by atoms with E-state index in [1.165, 1.54) is 11.6 Å². The second-order valence-corrected chi connectivity index (χ2v) is 7.89. The quantitative estimate of drug-likeness (QED) is 0.725. The number of carbonyl (C=O) groups excluding carboxylic acids is 1. The van der Waals surface area contributed by atoms with Crippen LogP contribution in [0.25, 0.3) is 0 Å². The lowest BCUT2D eigenvalue weighted by Gasteiger charge is -2.48. The molecule has 29 heavy (non-hydrogen) atoms. The van der Waals surface area contributed by atoms with Gasteiger partial charge in [0.15, 0.2) is 11.4 Å².